The molecule has 0 spiro atoms. The molecule has 0 radical (unpaired) electrons. The zero-order valence-electron chi connectivity index (χ0n) is 10.1. The van der Waals surface area contributed by atoms with E-state index in [4.69, 9.17) is 16.6 Å². The van der Waals surface area contributed by atoms with Crippen molar-refractivity contribution < 1.29 is 0 Å². The van der Waals surface area contributed by atoms with Crippen molar-refractivity contribution in [1.29, 1.82) is 0 Å². The second-order valence-electron chi connectivity index (χ2n) is 5.37. The average molecular weight is 249 g/mol. The Morgan fingerprint density at radius 2 is 2.00 bits per heavy atom. The highest BCUT2D eigenvalue weighted by molar-refractivity contribution is 6.31. The molecule has 0 amide bonds. The van der Waals surface area contributed by atoms with Gasteiger partial charge in [0.2, 0.25) is 0 Å². The van der Waals surface area contributed by atoms with Gasteiger partial charge in [0.05, 0.1) is 11.0 Å². The number of hydrogen-bond donors (Lipinski definition) is 1. The van der Waals surface area contributed by atoms with E-state index < -0.39 is 0 Å². The standard InChI is InChI=1S/C14H17ClN2/c1-14(7-3-2-4-8-14)13-16-11-6-5-10(15)9-12(11)17-13/h5-6,9H,2-4,7-8H2,1H3,(H,16,17). The van der Waals surface area contributed by atoms with Crippen LogP contribution >= 0.6 is 11.6 Å². The average Bonchev–Trinajstić information content (AvgIpc) is 2.73. The Balaban J connectivity index is 2.05. The Morgan fingerprint density at radius 1 is 1.24 bits per heavy atom. The van der Waals surface area contributed by atoms with Gasteiger partial charge < -0.3 is 4.98 Å². The summed E-state index contributed by atoms with van der Waals surface area (Å²) in [6.45, 7) is 2.32. The fourth-order valence-electron chi connectivity index (χ4n) is 2.84. The van der Waals surface area contributed by atoms with Crippen molar-refractivity contribution in [3.8, 4) is 0 Å². The minimum Gasteiger partial charge on any atom is -0.341 e. The van der Waals surface area contributed by atoms with Crippen molar-refractivity contribution in [1.82, 2.24) is 9.97 Å². The number of nitrogens with zero attached hydrogens (tertiary/aromatic N) is 1. The highest BCUT2D eigenvalue weighted by Crippen LogP contribution is 2.38. The lowest BCUT2D eigenvalue weighted by atomic mass is 9.75. The van der Waals surface area contributed by atoms with E-state index in [-0.39, 0.29) is 5.41 Å². The molecule has 1 aromatic heterocycles. The van der Waals surface area contributed by atoms with E-state index in [2.05, 4.69) is 11.9 Å². The molecule has 90 valence electrons. The van der Waals surface area contributed by atoms with Gasteiger partial charge in [-0.3, -0.25) is 0 Å². The molecule has 0 bridgehead atoms. The predicted octanol–water partition coefficient (Wildman–Crippen LogP) is 4.44. The molecule has 2 aromatic rings. The van der Waals surface area contributed by atoms with E-state index >= 15 is 0 Å². The first-order valence-electron chi connectivity index (χ1n) is 6.33. The zero-order chi connectivity index (χ0) is 11.9. The quantitative estimate of drug-likeness (QED) is 0.794. The van der Waals surface area contributed by atoms with Crippen LogP contribution in [0.3, 0.4) is 0 Å². The molecule has 1 aliphatic carbocycles. The normalized spacial score (nSPS) is 19.6. The van der Waals surface area contributed by atoms with Crippen LogP contribution in [0, 0.1) is 0 Å². The fourth-order valence-corrected chi connectivity index (χ4v) is 3.01. The van der Waals surface area contributed by atoms with Crippen molar-refractivity contribution in [3.05, 3.63) is 29.0 Å². The number of benzene rings is 1. The Hall–Kier alpha value is -1.02. The maximum absolute atomic E-state index is 6.00. The van der Waals surface area contributed by atoms with E-state index in [1.165, 1.54) is 32.1 Å². The van der Waals surface area contributed by atoms with Gasteiger partial charge in [-0.25, -0.2) is 4.98 Å². The van der Waals surface area contributed by atoms with Crippen LogP contribution in [0.1, 0.15) is 44.9 Å². The number of aromatic nitrogens is 2. The Labute approximate surface area is 106 Å². The van der Waals surface area contributed by atoms with Crippen LogP contribution in [0.15, 0.2) is 18.2 Å². The summed E-state index contributed by atoms with van der Waals surface area (Å²) in [6, 6.07) is 5.85. The summed E-state index contributed by atoms with van der Waals surface area (Å²) in [6.07, 6.45) is 6.46. The maximum atomic E-state index is 6.00. The summed E-state index contributed by atoms with van der Waals surface area (Å²) in [5, 5.41) is 0.765. The zero-order valence-corrected chi connectivity index (χ0v) is 10.8. The molecule has 0 aliphatic heterocycles. The lowest BCUT2D eigenvalue weighted by molar-refractivity contribution is 0.306. The molecule has 17 heavy (non-hydrogen) atoms. The molecule has 0 unspecified atom stereocenters. The van der Waals surface area contributed by atoms with Gasteiger partial charge in [0.25, 0.3) is 0 Å². The van der Waals surface area contributed by atoms with E-state index in [1.54, 1.807) is 0 Å². The van der Waals surface area contributed by atoms with Gasteiger partial charge in [-0.1, -0.05) is 37.8 Å². The molecule has 3 rings (SSSR count). The third kappa shape index (κ3) is 1.95. The van der Waals surface area contributed by atoms with Crippen LogP contribution in [0.2, 0.25) is 5.02 Å². The van der Waals surface area contributed by atoms with Gasteiger partial charge in [0.15, 0.2) is 0 Å². The van der Waals surface area contributed by atoms with Gasteiger partial charge in [0, 0.05) is 10.4 Å². The van der Waals surface area contributed by atoms with Crippen LogP contribution < -0.4 is 0 Å². The Morgan fingerprint density at radius 3 is 2.76 bits per heavy atom. The summed E-state index contributed by atoms with van der Waals surface area (Å²) in [7, 11) is 0. The second-order valence-corrected chi connectivity index (χ2v) is 5.80. The second kappa shape index (κ2) is 4.02. The summed E-state index contributed by atoms with van der Waals surface area (Å²) < 4.78 is 0. The topological polar surface area (TPSA) is 28.7 Å². The number of rotatable bonds is 1. The number of fused-ring (bicyclic) bond motifs is 1. The lowest BCUT2D eigenvalue weighted by Crippen LogP contribution is -2.26. The number of hydrogen-bond acceptors (Lipinski definition) is 1. The minimum atomic E-state index is 0.226. The molecular formula is C14H17ClN2. The van der Waals surface area contributed by atoms with E-state index in [1.807, 2.05) is 18.2 Å². The molecular weight excluding hydrogens is 232 g/mol. The molecule has 1 aromatic carbocycles. The van der Waals surface area contributed by atoms with Gasteiger partial charge in [-0.2, -0.15) is 0 Å². The number of aromatic amines is 1. The van der Waals surface area contributed by atoms with Crippen LogP contribution in [0.4, 0.5) is 0 Å². The van der Waals surface area contributed by atoms with E-state index in [0.717, 1.165) is 21.9 Å². The van der Waals surface area contributed by atoms with E-state index in [9.17, 15) is 0 Å². The van der Waals surface area contributed by atoms with Crippen molar-refractivity contribution in [3.63, 3.8) is 0 Å². The first-order valence-corrected chi connectivity index (χ1v) is 6.71. The minimum absolute atomic E-state index is 0.226. The number of imidazole rings is 1. The highest BCUT2D eigenvalue weighted by atomic mass is 35.5. The van der Waals surface area contributed by atoms with Crippen molar-refractivity contribution >= 4 is 22.6 Å². The van der Waals surface area contributed by atoms with Gasteiger partial charge in [-0.05, 0) is 31.0 Å². The SMILES string of the molecule is CC1(c2nc3ccc(Cl)cc3[nH]2)CCCCC1. The van der Waals surface area contributed by atoms with Crippen LogP contribution in [0.5, 0.6) is 0 Å². The predicted molar refractivity (Wildman–Crippen MR) is 71.5 cm³/mol. The smallest absolute Gasteiger partial charge is 0.113 e. The molecule has 1 aliphatic rings. The largest absolute Gasteiger partial charge is 0.341 e. The first-order chi connectivity index (χ1) is 8.17. The molecule has 1 fully saturated rings. The van der Waals surface area contributed by atoms with Crippen LogP contribution in [0.25, 0.3) is 11.0 Å². The first kappa shape index (κ1) is 11.1. The number of nitrogens with one attached hydrogen (secondary N) is 1. The molecule has 1 heterocycles. The summed E-state index contributed by atoms with van der Waals surface area (Å²) >= 11 is 6.00. The number of halogens is 1. The molecule has 1 N–H and O–H groups in total. The third-order valence-electron chi connectivity index (χ3n) is 3.97. The van der Waals surface area contributed by atoms with Gasteiger partial charge >= 0.3 is 0 Å². The van der Waals surface area contributed by atoms with Gasteiger partial charge in [0.1, 0.15) is 5.82 Å². The molecule has 2 nitrogen and oxygen atoms in total. The van der Waals surface area contributed by atoms with Crippen LogP contribution in [-0.2, 0) is 5.41 Å². The highest BCUT2D eigenvalue weighted by Gasteiger charge is 2.31. The Kier molecular flexibility index (Phi) is 2.62. The third-order valence-corrected chi connectivity index (χ3v) is 4.21. The van der Waals surface area contributed by atoms with Gasteiger partial charge in [-0.15, -0.1) is 0 Å². The van der Waals surface area contributed by atoms with Crippen molar-refractivity contribution in [2.24, 2.45) is 0 Å². The monoisotopic (exact) mass is 248 g/mol. The van der Waals surface area contributed by atoms with Crippen molar-refractivity contribution in [2.45, 2.75) is 44.4 Å². The molecule has 0 saturated heterocycles. The summed E-state index contributed by atoms with van der Waals surface area (Å²) in [4.78, 5) is 8.19. The maximum Gasteiger partial charge on any atom is 0.113 e. The lowest BCUT2D eigenvalue weighted by Gasteiger charge is -2.31. The molecule has 3 heteroatoms. The number of H-pyrrole nitrogens is 1. The fraction of sp³-hybridized carbons (Fsp3) is 0.500. The summed E-state index contributed by atoms with van der Waals surface area (Å²) in [5.74, 6) is 1.13. The van der Waals surface area contributed by atoms with Crippen LogP contribution in [-0.4, -0.2) is 9.97 Å². The summed E-state index contributed by atoms with van der Waals surface area (Å²) in [5.41, 5.74) is 2.31. The molecule has 0 atom stereocenters. The van der Waals surface area contributed by atoms with E-state index in [0.29, 0.717) is 0 Å². The Bertz CT molecular complexity index is 538. The molecule has 1 saturated carbocycles. The van der Waals surface area contributed by atoms with Crippen molar-refractivity contribution in [2.75, 3.05) is 0 Å².